The quantitative estimate of drug-likeness (QED) is 0.227. The number of halogens is 1. The molecule has 2 aromatic carbocycles. The number of hydrogen-bond donors (Lipinski definition) is 1. The minimum Gasteiger partial charge on any atom is -0.385 e. The van der Waals surface area contributed by atoms with E-state index in [1.165, 1.54) is 5.56 Å². The van der Waals surface area contributed by atoms with E-state index in [1.54, 1.807) is 12.0 Å². The highest BCUT2D eigenvalue weighted by Gasteiger charge is 2.22. The molecular weight excluding hydrogens is 544 g/mol. The molecule has 1 heterocycles. The van der Waals surface area contributed by atoms with Gasteiger partial charge < -0.3 is 24.4 Å². The van der Waals surface area contributed by atoms with Crippen LogP contribution in [0.25, 0.3) is 0 Å². The number of nitrogens with zero attached hydrogens (tertiary/aromatic N) is 3. The molecule has 0 saturated carbocycles. The second kappa shape index (κ2) is 15.3. The number of hydrogen-bond acceptors (Lipinski definition) is 3. The number of carbonyl (C=O) groups is 2. The van der Waals surface area contributed by atoms with Gasteiger partial charge in [0.1, 0.15) is 6.54 Å². The Bertz CT molecular complexity index is 1150. The highest BCUT2D eigenvalue weighted by Crippen LogP contribution is 2.16. The van der Waals surface area contributed by atoms with E-state index < -0.39 is 0 Å². The largest absolute Gasteiger partial charge is 0.385 e. The number of benzene rings is 2. The van der Waals surface area contributed by atoms with Gasteiger partial charge in [0.15, 0.2) is 0 Å². The average molecular weight is 584 g/mol. The first kappa shape index (κ1) is 29.5. The van der Waals surface area contributed by atoms with Crippen molar-refractivity contribution in [3.63, 3.8) is 0 Å². The summed E-state index contributed by atoms with van der Waals surface area (Å²) >= 11 is 3.49. The first-order chi connectivity index (χ1) is 18.4. The van der Waals surface area contributed by atoms with Gasteiger partial charge >= 0.3 is 6.03 Å². The Hall–Kier alpha value is -3.10. The summed E-state index contributed by atoms with van der Waals surface area (Å²) in [7, 11) is 1.64. The van der Waals surface area contributed by atoms with E-state index >= 15 is 0 Å². The van der Waals surface area contributed by atoms with Crippen molar-refractivity contribution in [2.75, 3.05) is 38.7 Å². The van der Waals surface area contributed by atoms with Gasteiger partial charge in [-0.25, -0.2) is 4.79 Å². The van der Waals surface area contributed by atoms with Gasteiger partial charge in [-0.2, -0.15) is 0 Å². The molecule has 7 nitrogen and oxygen atoms in total. The zero-order chi connectivity index (χ0) is 27.3. The van der Waals surface area contributed by atoms with Crippen LogP contribution in [0.1, 0.15) is 43.0 Å². The first-order valence-corrected chi connectivity index (χ1v) is 14.0. The maximum atomic E-state index is 13.6. The summed E-state index contributed by atoms with van der Waals surface area (Å²) in [5.74, 6) is -0.0636. The molecule has 204 valence electrons. The van der Waals surface area contributed by atoms with Crippen molar-refractivity contribution in [3.8, 4) is 0 Å². The molecule has 0 saturated heterocycles. The maximum absolute atomic E-state index is 13.6. The summed E-state index contributed by atoms with van der Waals surface area (Å²) in [6.07, 6.45) is 4.58. The predicted octanol–water partition coefficient (Wildman–Crippen LogP) is 6.31. The van der Waals surface area contributed by atoms with E-state index in [9.17, 15) is 9.59 Å². The zero-order valence-corrected chi connectivity index (χ0v) is 24.2. The van der Waals surface area contributed by atoms with Gasteiger partial charge in [-0.3, -0.25) is 4.79 Å². The van der Waals surface area contributed by atoms with Crippen LogP contribution >= 0.6 is 15.9 Å². The fourth-order valence-corrected chi connectivity index (χ4v) is 4.39. The molecule has 38 heavy (non-hydrogen) atoms. The second-order valence-electron chi connectivity index (χ2n) is 9.49. The molecule has 0 aliphatic rings. The van der Waals surface area contributed by atoms with Gasteiger partial charge in [-0.1, -0.05) is 59.1 Å². The molecule has 0 aliphatic carbocycles. The number of unbranched alkanes of at least 4 members (excludes halogenated alkanes) is 1. The predicted molar refractivity (Wildman–Crippen MR) is 156 cm³/mol. The number of ether oxygens (including phenoxy) is 1. The molecule has 3 aromatic rings. The van der Waals surface area contributed by atoms with Crippen LogP contribution < -0.4 is 5.32 Å². The zero-order valence-electron chi connectivity index (χ0n) is 22.7. The SMILES string of the molecule is CCCCN(Cc1cccn1Cc1ccc(Br)cc1)C(=O)CN(CCCOC)C(=O)Nc1ccc(C)cc1. The lowest BCUT2D eigenvalue weighted by molar-refractivity contribution is -0.132. The van der Waals surface area contributed by atoms with E-state index in [1.807, 2.05) is 60.5 Å². The van der Waals surface area contributed by atoms with Crippen LogP contribution in [0.5, 0.6) is 0 Å². The van der Waals surface area contributed by atoms with E-state index in [0.29, 0.717) is 38.3 Å². The summed E-state index contributed by atoms with van der Waals surface area (Å²) in [5.41, 5.74) is 4.08. The molecule has 0 bridgehead atoms. The summed E-state index contributed by atoms with van der Waals surface area (Å²) in [5, 5.41) is 2.94. The highest BCUT2D eigenvalue weighted by molar-refractivity contribution is 9.10. The number of methoxy groups -OCH3 is 1. The first-order valence-electron chi connectivity index (χ1n) is 13.2. The van der Waals surface area contributed by atoms with Crippen LogP contribution in [-0.2, 0) is 22.6 Å². The van der Waals surface area contributed by atoms with Crippen LogP contribution in [0.3, 0.4) is 0 Å². The molecule has 3 amide bonds. The highest BCUT2D eigenvalue weighted by atomic mass is 79.9. The lowest BCUT2D eigenvalue weighted by Gasteiger charge is -2.28. The number of aromatic nitrogens is 1. The third kappa shape index (κ3) is 9.33. The van der Waals surface area contributed by atoms with Crippen LogP contribution in [0.2, 0.25) is 0 Å². The van der Waals surface area contributed by atoms with E-state index in [4.69, 9.17) is 4.74 Å². The molecule has 1 N–H and O–H groups in total. The number of carbonyl (C=O) groups excluding carboxylic acids is 2. The van der Waals surface area contributed by atoms with Crippen molar-refractivity contribution in [1.82, 2.24) is 14.4 Å². The molecule has 0 radical (unpaired) electrons. The number of anilines is 1. The molecule has 0 atom stereocenters. The molecule has 0 spiro atoms. The Balaban J connectivity index is 1.71. The lowest BCUT2D eigenvalue weighted by Crippen LogP contribution is -2.45. The van der Waals surface area contributed by atoms with E-state index in [2.05, 4.69) is 50.9 Å². The van der Waals surface area contributed by atoms with Crippen molar-refractivity contribution in [2.24, 2.45) is 0 Å². The van der Waals surface area contributed by atoms with E-state index in [0.717, 1.165) is 35.1 Å². The average Bonchev–Trinajstić information content (AvgIpc) is 3.34. The minimum atomic E-state index is -0.285. The molecule has 0 aliphatic heterocycles. The van der Waals surface area contributed by atoms with Crippen LogP contribution in [-0.4, -0.2) is 59.7 Å². The Morgan fingerprint density at radius 3 is 2.37 bits per heavy atom. The minimum absolute atomic E-state index is 0.0124. The number of urea groups is 1. The molecule has 1 aromatic heterocycles. The van der Waals surface area contributed by atoms with Gasteiger partial charge in [0, 0.05) is 55.4 Å². The molecule has 3 rings (SSSR count). The summed E-state index contributed by atoms with van der Waals surface area (Å²) in [4.78, 5) is 30.2. The van der Waals surface area contributed by atoms with Crippen molar-refractivity contribution in [3.05, 3.63) is 88.2 Å². The summed E-state index contributed by atoms with van der Waals surface area (Å²) in [6, 6.07) is 19.7. The Kier molecular flexibility index (Phi) is 11.9. The third-order valence-electron chi connectivity index (χ3n) is 6.37. The normalized spacial score (nSPS) is 10.8. The molecule has 8 heteroatoms. The fraction of sp³-hybridized carbons (Fsp3) is 0.400. The van der Waals surface area contributed by atoms with Crippen molar-refractivity contribution < 1.29 is 14.3 Å². The van der Waals surface area contributed by atoms with Gasteiger partial charge in [-0.05, 0) is 61.7 Å². The Morgan fingerprint density at radius 1 is 0.974 bits per heavy atom. The maximum Gasteiger partial charge on any atom is 0.322 e. The monoisotopic (exact) mass is 582 g/mol. The van der Waals surface area contributed by atoms with Gasteiger partial charge in [-0.15, -0.1) is 0 Å². The van der Waals surface area contributed by atoms with Crippen LogP contribution in [0, 0.1) is 6.92 Å². The number of amides is 3. The lowest BCUT2D eigenvalue weighted by atomic mass is 10.2. The van der Waals surface area contributed by atoms with E-state index in [-0.39, 0.29) is 18.5 Å². The molecular formula is C30H39BrN4O3. The van der Waals surface area contributed by atoms with Gasteiger partial charge in [0.25, 0.3) is 0 Å². The van der Waals surface area contributed by atoms with Crippen LogP contribution in [0.15, 0.2) is 71.3 Å². The topological polar surface area (TPSA) is 66.8 Å². The number of nitrogens with one attached hydrogen (secondary N) is 1. The smallest absolute Gasteiger partial charge is 0.322 e. The Morgan fingerprint density at radius 2 is 1.68 bits per heavy atom. The van der Waals surface area contributed by atoms with Crippen molar-refractivity contribution in [1.29, 1.82) is 0 Å². The summed E-state index contributed by atoms with van der Waals surface area (Å²) in [6.45, 7) is 6.95. The Labute approximate surface area is 234 Å². The van der Waals surface area contributed by atoms with Gasteiger partial charge in [0.2, 0.25) is 5.91 Å². The fourth-order valence-electron chi connectivity index (χ4n) is 4.13. The van der Waals surface area contributed by atoms with Crippen molar-refractivity contribution >= 4 is 33.6 Å². The molecule has 0 unspecified atom stereocenters. The van der Waals surface area contributed by atoms with Crippen LogP contribution in [0.4, 0.5) is 10.5 Å². The van der Waals surface area contributed by atoms with Crippen molar-refractivity contribution in [2.45, 2.75) is 46.2 Å². The number of rotatable bonds is 14. The standard InChI is InChI=1S/C30H39BrN4O3/c1-4-5-17-34(22-28-8-6-18-33(28)21-25-11-13-26(31)14-12-25)29(36)23-35(19-7-20-38-3)30(37)32-27-15-9-24(2)10-16-27/h6,8-16,18H,4-5,7,17,19-23H2,1-3H3,(H,32,37). The van der Waals surface area contributed by atoms with Gasteiger partial charge in [0.05, 0.1) is 6.54 Å². The number of aryl methyl sites for hydroxylation is 1. The second-order valence-corrected chi connectivity index (χ2v) is 10.4. The summed E-state index contributed by atoms with van der Waals surface area (Å²) < 4.78 is 8.41. The molecule has 0 fully saturated rings. The third-order valence-corrected chi connectivity index (χ3v) is 6.90.